The van der Waals surface area contributed by atoms with Crippen molar-refractivity contribution in [3.05, 3.63) is 68.6 Å². The third kappa shape index (κ3) is 2.02. The topological polar surface area (TPSA) is 89.9 Å². The van der Waals surface area contributed by atoms with E-state index in [1.54, 1.807) is 31.2 Å². The van der Waals surface area contributed by atoms with E-state index in [1.165, 1.54) is 13.2 Å². The Morgan fingerprint density at radius 1 is 0.962 bits per heavy atom. The minimum absolute atomic E-state index is 0.0822. The van der Waals surface area contributed by atoms with Crippen LogP contribution in [0.5, 0.6) is 5.75 Å². The molecule has 130 valence electrons. The molecule has 0 heterocycles. The van der Waals surface area contributed by atoms with Crippen LogP contribution in [0.1, 0.15) is 67.2 Å². The molecule has 2 aliphatic rings. The zero-order valence-electron chi connectivity index (χ0n) is 14.2. The van der Waals surface area contributed by atoms with Gasteiger partial charge >= 0.3 is 0 Å². The molecule has 0 radical (unpaired) electrons. The maximum absolute atomic E-state index is 13.1. The minimum atomic E-state index is -0.706. The smallest absolute Gasteiger partial charge is 0.198 e. The summed E-state index contributed by atoms with van der Waals surface area (Å²) in [6.07, 6.45) is 0.117. The van der Waals surface area contributed by atoms with Gasteiger partial charge < -0.3 is 4.74 Å². The highest BCUT2D eigenvalue weighted by atomic mass is 16.5. The number of hydrogen-bond donors (Lipinski definition) is 0. The SMILES string of the molecule is COc1cccc2c1C(=O)c1ccc3c(c1C2=O)C(=O)C[C@@H](C)C3N=O. The first-order chi connectivity index (χ1) is 12.5. The van der Waals surface area contributed by atoms with Crippen molar-refractivity contribution in [2.45, 2.75) is 19.4 Å². The summed E-state index contributed by atoms with van der Waals surface area (Å²) in [4.78, 5) is 50.2. The van der Waals surface area contributed by atoms with Crippen molar-refractivity contribution in [3.8, 4) is 5.75 Å². The molecule has 1 unspecified atom stereocenters. The molecule has 4 rings (SSSR count). The third-order valence-electron chi connectivity index (χ3n) is 5.18. The Balaban J connectivity index is 2.03. The summed E-state index contributed by atoms with van der Waals surface area (Å²) in [6.45, 7) is 1.78. The van der Waals surface area contributed by atoms with Crippen LogP contribution in [0.15, 0.2) is 35.5 Å². The van der Waals surface area contributed by atoms with E-state index in [1.807, 2.05) is 0 Å². The van der Waals surface area contributed by atoms with Gasteiger partial charge in [0.1, 0.15) is 11.8 Å². The average Bonchev–Trinajstić information content (AvgIpc) is 2.64. The fourth-order valence-electron chi connectivity index (χ4n) is 3.96. The summed E-state index contributed by atoms with van der Waals surface area (Å²) in [7, 11) is 1.43. The van der Waals surface area contributed by atoms with Gasteiger partial charge in [0.05, 0.1) is 12.7 Å². The molecule has 0 bridgehead atoms. The number of ether oxygens (including phenoxy) is 1. The number of nitrogens with zero attached hydrogens (tertiary/aromatic N) is 1. The van der Waals surface area contributed by atoms with E-state index in [9.17, 15) is 19.3 Å². The normalized spacial score (nSPS) is 20.9. The van der Waals surface area contributed by atoms with E-state index >= 15 is 0 Å². The number of hydrogen-bond acceptors (Lipinski definition) is 6. The molecule has 0 fully saturated rings. The van der Waals surface area contributed by atoms with Gasteiger partial charge in [-0.05, 0) is 23.6 Å². The van der Waals surface area contributed by atoms with E-state index in [0.717, 1.165) is 0 Å². The number of carbonyl (C=O) groups excluding carboxylic acids is 3. The van der Waals surface area contributed by atoms with Crippen LogP contribution in [-0.4, -0.2) is 24.5 Å². The van der Waals surface area contributed by atoms with Crippen LogP contribution in [-0.2, 0) is 0 Å². The van der Waals surface area contributed by atoms with Crippen molar-refractivity contribution < 1.29 is 19.1 Å². The van der Waals surface area contributed by atoms with Crippen molar-refractivity contribution >= 4 is 17.3 Å². The number of benzene rings is 2. The third-order valence-corrected chi connectivity index (χ3v) is 5.18. The number of Topliss-reactive ketones (excluding diaryl/α,β-unsaturated/α-hetero) is 1. The van der Waals surface area contributed by atoms with Crippen LogP contribution in [0.25, 0.3) is 0 Å². The van der Waals surface area contributed by atoms with Crippen LogP contribution in [0.3, 0.4) is 0 Å². The predicted molar refractivity (Wildman–Crippen MR) is 92.9 cm³/mol. The van der Waals surface area contributed by atoms with Gasteiger partial charge in [0.25, 0.3) is 0 Å². The molecule has 0 aromatic heterocycles. The molecule has 2 aromatic rings. The Hall–Kier alpha value is -3.15. The largest absolute Gasteiger partial charge is 0.496 e. The fourth-order valence-corrected chi connectivity index (χ4v) is 3.96. The van der Waals surface area contributed by atoms with Gasteiger partial charge in [-0.3, -0.25) is 14.4 Å². The molecule has 0 aliphatic heterocycles. The Kier molecular flexibility index (Phi) is 3.57. The van der Waals surface area contributed by atoms with Crippen molar-refractivity contribution in [3.63, 3.8) is 0 Å². The molecule has 2 aliphatic carbocycles. The lowest BCUT2D eigenvalue weighted by Crippen LogP contribution is -2.30. The van der Waals surface area contributed by atoms with Crippen molar-refractivity contribution in [1.29, 1.82) is 0 Å². The van der Waals surface area contributed by atoms with Gasteiger partial charge in [-0.15, -0.1) is 0 Å². The summed E-state index contributed by atoms with van der Waals surface area (Å²) in [5.74, 6) is -0.935. The first-order valence-corrected chi connectivity index (χ1v) is 8.28. The second-order valence-corrected chi connectivity index (χ2v) is 6.65. The second-order valence-electron chi connectivity index (χ2n) is 6.65. The van der Waals surface area contributed by atoms with Crippen LogP contribution < -0.4 is 4.74 Å². The van der Waals surface area contributed by atoms with Gasteiger partial charge in [-0.25, -0.2) is 0 Å². The number of rotatable bonds is 2. The highest BCUT2D eigenvalue weighted by Crippen LogP contribution is 2.42. The molecule has 26 heavy (non-hydrogen) atoms. The van der Waals surface area contributed by atoms with E-state index < -0.39 is 11.8 Å². The number of methoxy groups -OCH3 is 1. The average molecular weight is 349 g/mol. The Morgan fingerprint density at radius 3 is 2.35 bits per heavy atom. The first kappa shape index (κ1) is 16.3. The maximum atomic E-state index is 13.1. The maximum Gasteiger partial charge on any atom is 0.198 e. The zero-order chi connectivity index (χ0) is 18.6. The molecule has 0 spiro atoms. The molecule has 6 heteroatoms. The first-order valence-electron chi connectivity index (χ1n) is 8.28. The number of fused-ring (bicyclic) bond motifs is 4. The lowest BCUT2D eigenvalue weighted by molar-refractivity contribution is 0.0927. The summed E-state index contributed by atoms with van der Waals surface area (Å²) in [6, 6.07) is 7.16. The molecule has 2 aromatic carbocycles. The molecule has 0 saturated carbocycles. The summed E-state index contributed by atoms with van der Waals surface area (Å²) in [5.41, 5.74) is 1.25. The van der Waals surface area contributed by atoms with E-state index in [2.05, 4.69) is 5.18 Å². The van der Waals surface area contributed by atoms with Crippen molar-refractivity contribution in [1.82, 2.24) is 0 Å². The molecule has 0 amide bonds. The minimum Gasteiger partial charge on any atom is -0.496 e. The quantitative estimate of drug-likeness (QED) is 0.661. The van der Waals surface area contributed by atoms with E-state index in [0.29, 0.717) is 11.3 Å². The van der Waals surface area contributed by atoms with Gasteiger partial charge in [0.2, 0.25) is 0 Å². The monoisotopic (exact) mass is 349 g/mol. The number of nitroso groups, excluding NO2 is 1. The fraction of sp³-hybridized carbons (Fsp3) is 0.250. The van der Waals surface area contributed by atoms with Crippen LogP contribution >= 0.6 is 0 Å². The van der Waals surface area contributed by atoms with Crippen LogP contribution in [0.2, 0.25) is 0 Å². The molecule has 2 atom stereocenters. The predicted octanol–water partition coefficient (Wildman–Crippen LogP) is 3.50. The summed E-state index contributed by atoms with van der Waals surface area (Å²) in [5, 5.41) is 3.15. The summed E-state index contributed by atoms with van der Waals surface area (Å²) < 4.78 is 5.23. The number of carbonyl (C=O) groups is 3. The van der Waals surface area contributed by atoms with Crippen molar-refractivity contribution in [2.24, 2.45) is 11.1 Å². The lowest BCUT2D eigenvalue weighted by atomic mass is 9.73. The lowest BCUT2D eigenvalue weighted by Gasteiger charge is -2.29. The van der Waals surface area contributed by atoms with Crippen LogP contribution in [0.4, 0.5) is 0 Å². The molecular formula is C20H15NO5. The van der Waals surface area contributed by atoms with Gasteiger partial charge in [0, 0.05) is 28.7 Å². The van der Waals surface area contributed by atoms with Gasteiger partial charge in [-0.2, -0.15) is 4.91 Å². The molecule has 0 saturated heterocycles. The Labute approximate surface area is 149 Å². The Bertz CT molecular complexity index is 1010. The van der Waals surface area contributed by atoms with Gasteiger partial charge in [-0.1, -0.05) is 30.3 Å². The van der Waals surface area contributed by atoms with Crippen LogP contribution in [0, 0.1) is 10.8 Å². The standard InChI is InChI=1S/C20H15NO5/c1-9-8-13(22)15-10(18(9)21-25)6-7-12-17(15)20(24)11-4-3-5-14(26-2)16(11)19(12)23/h3-7,9,18H,8H2,1-2H3/t9-,18?/m1/s1. The van der Waals surface area contributed by atoms with E-state index in [-0.39, 0.29) is 51.7 Å². The summed E-state index contributed by atoms with van der Waals surface area (Å²) >= 11 is 0. The molecular weight excluding hydrogens is 334 g/mol. The zero-order valence-corrected chi connectivity index (χ0v) is 14.2. The highest BCUT2D eigenvalue weighted by Gasteiger charge is 2.41. The highest BCUT2D eigenvalue weighted by molar-refractivity contribution is 6.32. The molecule has 6 nitrogen and oxygen atoms in total. The van der Waals surface area contributed by atoms with E-state index in [4.69, 9.17) is 4.74 Å². The van der Waals surface area contributed by atoms with Gasteiger partial charge in [0.15, 0.2) is 17.3 Å². The molecule has 0 N–H and O–H groups in total. The Morgan fingerprint density at radius 2 is 1.65 bits per heavy atom. The second kappa shape index (κ2) is 5.69. The number of ketones is 3. The van der Waals surface area contributed by atoms with Crippen molar-refractivity contribution in [2.75, 3.05) is 7.11 Å².